The normalized spacial score (nSPS) is 15.6. The van der Waals surface area contributed by atoms with E-state index < -0.39 is 23.1 Å². The summed E-state index contributed by atoms with van der Waals surface area (Å²) in [4.78, 5) is 53.9. The summed E-state index contributed by atoms with van der Waals surface area (Å²) in [6.45, 7) is 4.44. The smallest absolute Gasteiger partial charge is 0.352 e. The molecule has 1 amide bonds. The summed E-state index contributed by atoms with van der Waals surface area (Å²) < 4.78 is 7.24. The minimum absolute atomic E-state index is 0.000428. The van der Waals surface area contributed by atoms with E-state index in [9.17, 15) is 19.2 Å². The van der Waals surface area contributed by atoms with Crippen molar-refractivity contribution in [3.05, 3.63) is 92.3 Å². The van der Waals surface area contributed by atoms with Gasteiger partial charge in [-0.15, -0.1) is 0 Å². The van der Waals surface area contributed by atoms with Crippen molar-refractivity contribution in [3.63, 3.8) is 0 Å². The van der Waals surface area contributed by atoms with Gasteiger partial charge in [-0.1, -0.05) is 48.0 Å². The van der Waals surface area contributed by atoms with E-state index in [1.165, 1.54) is 4.90 Å². The molecule has 182 valence electrons. The van der Waals surface area contributed by atoms with Crippen molar-refractivity contribution < 1.29 is 14.3 Å². The maximum absolute atomic E-state index is 13.5. The highest BCUT2D eigenvalue weighted by Crippen LogP contribution is 2.19. The predicted molar refractivity (Wildman–Crippen MR) is 130 cm³/mol. The number of rotatable bonds is 6. The molecular formula is C26H28N4O5. The second kappa shape index (κ2) is 10.5. The quantitative estimate of drug-likeness (QED) is 0.505. The van der Waals surface area contributed by atoms with E-state index in [1.54, 1.807) is 37.3 Å². The zero-order chi connectivity index (χ0) is 24.9. The van der Waals surface area contributed by atoms with Gasteiger partial charge in [-0.25, -0.2) is 4.79 Å². The third-order valence-electron chi connectivity index (χ3n) is 6.01. The van der Waals surface area contributed by atoms with Crippen molar-refractivity contribution in [2.24, 2.45) is 5.92 Å². The molecule has 1 fully saturated rings. The van der Waals surface area contributed by atoms with Gasteiger partial charge in [-0.2, -0.15) is 9.78 Å². The minimum Gasteiger partial charge on any atom is -0.466 e. The molecule has 2 aromatic carbocycles. The Morgan fingerprint density at radius 2 is 1.86 bits per heavy atom. The lowest BCUT2D eigenvalue weighted by atomic mass is 9.98. The first-order valence-electron chi connectivity index (χ1n) is 11.7. The van der Waals surface area contributed by atoms with E-state index in [4.69, 9.17) is 4.74 Å². The van der Waals surface area contributed by atoms with E-state index in [1.807, 2.05) is 31.2 Å². The lowest BCUT2D eigenvalue weighted by Gasteiger charge is -2.31. The maximum atomic E-state index is 13.5. The van der Waals surface area contributed by atoms with Gasteiger partial charge in [-0.3, -0.25) is 19.0 Å². The van der Waals surface area contributed by atoms with Gasteiger partial charge in [0.25, 0.3) is 11.5 Å². The van der Waals surface area contributed by atoms with Gasteiger partial charge < -0.3 is 9.64 Å². The Balaban J connectivity index is 1.77. The number of aromatic nitrogens is 3. The number of carbonyl (C=O) groups excluding carboxylic acids is 2. The number of amides is 1. The summed E-state index contributed by atoms with van der Waals surface area (Å²) in [6, 6.07) is 16.1. The van der Waals surface area contributed by atoms with Crippen LogP contribution in [-0.2, 0) is 16.1 Å². The van der Waals surface area contributed by atoms with Crippen molar-refractivity contribution >= 4 is 11.9 Å². The molecule has 1 unspecified atom stereocenters. The summed E-state index contributed by atoms with van der Waals surface area (Å²) in [7, 11) is 0. The van der Waals surface area contributed by atoms with Crippen molar-refractivity contribution in [1.29, 1.82) is 0 Å². The van der Waals surface area contributed by atoms with Crippen LogP contribution in [0.5, 0.6) is 0 Å². The molecule has 35 heavy (non-hydrogen) atoms. The molecule has 9 heteroatoms. The van der Waals surface area contributed by atoms with Crippen molar-refractivity contribution in [1.82, 2.24) is 19.2 Å². The third-order valence-corrected chi connectivity index (χ3v) is 6.01. The van der Waals surface area contributed by atoms with E-state index in [0.29, 0.717) is 25.1 Å². The van der Waals surface area contributed by atoms with E-state index in [2.05, 4.69) is 5.10 Å². The molecule has 0 bridgehead atoms. The zero-order valence-corrected chi connectivity index (χ0v) is 19.8. The Morgan fingerprint density at radius 1 is 1.09 bits per heavy atom. The van der Waals surface area contributed by atoms with Crippen LogP contribution in [0.2, 0.25) is 0 Å². The first-order valence-corrected chi connectivity index (χ1v) is 11.7. The topological polar surface area (TPSA) is 104 Å². The van der Waals surface area contributed by atoms with Gasteiger partial charge in [0.2, 0.25) is 5.69 Å². The molecule has 4 rings (SSSR count). The fraction of sp³-hybridized carbons (Fsp3) is 0.346. The Kier molecular flexibility index (Phi) is 7.24. The predicted octanol–water partition coefficient (Wildman–Crippen LogP) is 2.17. The Hall–Kier alpha value is -4.01. The molecule has 0 radical (unpaired) electrons. The third kappa shape index (κ3) is 5.24. The first-order chi connectivity index (χ1) is 16.9. The van der Waals surface area contributed by atoms with Gasteiger partial charge in [0.1, 0.15) is 0 Å². The number of likely N-dealkylation sites (tertiary alicyclic amines) is 1. The van der Waals surface area contributed by atoms with Crippen LogP contribution < -0.4 is 11.2 Å². The molecule has 0 N–H and O–H groups in total. The Labute approximate surface area is 202 Å². The van der Waals surface area contributed by atoms with Crippen molar-refractivity contribution in [3.8, 4) is 5.69 Å². The number of nitrogens with zero attached hydrogens (tertiary/aromatic N) is 4. The summed E-state index contributed by atoms with van der Waals surface area (Å²) in [5.74, 6) is -1.42. The monoisotopic (exact) mass is 476 g/mol. The summed E-state index contributed by atoms with van der Waals surface area (Å²) in [5.41, 5.74) is 0.434. The molecule has 1 aliphatic rings. The average molecular weight is 477 g/mol. The molecule has 1 saturated heterocycles. The first kappa shape index (κ1) is 24.1. The number of hydrogen-bond acceptors (Lipinski definition) is 6. The number of aryl methyl sites for hydroxylation is 1. The maximum Gasteiger partial charge on any atom is 0.352 e. The van der Waals surface area contributed by atoms with Crippen LogP contribution >= 0.6 is 0 Å². The molecule has 9 nitrogen and oxygen atoms in total. The van der Waals surface area contributed by atoms with Crippen LogP contribution in [0.4, 0.5) is 0 Å². The molecule has 0 aliphatic carbocycles. The second-order valence-corrected chi connectivity index (χ2v) is 8.60. The molecule has 3 aromatic rings. The van der Waals surface area contributed by atoms with E-state index >= 15 is 0 Å². The standard InChI is InChI=1S/C26H28N4O5/c1-3-35-25(33)20-11-8-14-28(17-20)23(31)22-24(32)29(16-19-10-7-9-18(2)15-19)26(34)30(27-22)21-12-5-4-6-13-21/h4-7,9-10,12-13,15,20H,3,8,11,14,16-17H2,1-2H3. The van der Waals surface area contributed by atoms with Crippen molar-refractivity contribution in [2.45, 2.75) is 33.2 Å². The number of carbonyl (C=O) groups is 2. The minimum atomic E-state index is -0.757. The van der Waals surface area contributed by atoms with Crippen LogP contribution in [0.3, 0.4) is 0 Å². The van der Waals surface area contributed by atoms with Gasteiger partial charge >= 0.3 is 11.7 Å². The van der Waals surface area contributed by atoms with E-state index in [-0.39, 0.29) is 31.4 Å². The number of ether oxygens (including phenoxy) is 1. The summed E-state index contributed by atoms with van der Waals surface area (Å²) in [6.07, 6.45) is 1.21. The Bertz CT molecular complexity index is 1350. The summed E-state index contributed by atoms with van der Waals surface area (Å²) >= 11 is 0. The van der Waals surface area contributed by atoms with Crippen LogP contribution in [0.15, 0.2) is 64.2 Å². The lowest BCUT2D eigenvalue weighted by Crippen LogP contribution is -2.49. The highest BCUT2D eigenvalue weighted by Gasteiger charge is 2.32. The van der Waals surface area contributed by atoms with Crippen LogP contribution in [0.25, 0.3) is 5.69 Å². The molecule has 1 aromatic heterocycles. The fourth-order valence-corrected chi connectivity index (χ4v) is 4.28. The summed E-state index contributed by atoms with van der Waals surface area (Å²) in [5, 5.41) is 4.21. The van der Waals surface area contributed by atoms with Gasteiger partial charge in [0, 0.05) is 13.1 Å². The fourth-order valence-electron chi connectivity index (χ4n) is 4.28. The average Bonchev–Trinajstić information content (AvgIpc) is 2.87. The molecule has 1 atom stereocenters. The molecular weight excluding hydrogens is 448 g/mol. The van der Waals surface area contributed by atoms with Crippen LogP contribution in [-0.4, -0.2) is 50.8 Å². The number of piperidine rings is 1. The van der Waals surface area contributed by atoms with Crippen LogP contribution in [0.1, 0.15) is 41.4 Å². The largest absolute Gasteiger partial charge is 0.466 e. The molecule has 2 heterocycles. The zero-order valence-electron chi connectivity index (χ0n) is 19.8. The molecule has 1 aliphatic heterocycles. The highest BCUT2D eigenvalue weighted by molar-refractivity contribution is 5.92. The van der Waals surface area contributed by atoms with Gasteiger partial charge in [-0.05, 0) is 44.4 Å². The highest BCUT2D eigenvalue weighted by atomic mass is 16.5. The second-order valence-electron chi connectivity index (χ2n) is 8.60. The number of hydrogen-bond donors (Lipinski definition) is 0. The lowest BCUT2D eigenvalue weighted by molar-refractivity contribution is -0.149. The van der Waals surface area contributed by atoms with E-state index in [0.717, 1.165) is 20.4 Å². The number of esters is 1. The number of benzene rings is 2. The molecule has 0 saturated carbocycles. The van der Waals surface area contributed by atoms with Gasteiger partial charge in [0.15, 0.2) is 0 Å². The SMILES string of the molecule is CCOC(=O)C1CCCN(C(=O)c2nn(-c3ccccc3)c(=O)n(Cc3cccc(C)c3)c2=O)C1. The van der Waals surface area contributed by atoms with Crippen molar-refractivity contribution in [2.75, 3.05) is 19.7 Å². The van der Waals surface area contributed by atoms with Gasteiger partial charge in [0.05, 0.1) is 24.8 Å². The Morgan fingerprint density at radius 3 is 2.57 bits per heavy atom. The molecule has 0 spiro atoms. The van der Waals surface area contributed by atoms with Crippen LogP contribution in [0, 0.1) is 12.8 Å². The number of para-hydroxylation sites is 1.